The minimum Gasteiger partial charge on any atom is -0.385 e. The highest BCUT2D eigenvalue weighted by Gasteiger charge is 2.41. The van der Waals surface area contributed by atoms with Gasteiger partial charge in [-0.2, -0.15) is 8.42 Å². The first-order valence-electron chi connectivity index (χ1n) is 4.22. The van der Waals surface area contributed by atoms with Gasteiger partial charge in [-0.1, -0.05) is 12.1 Å². The summed E-state index contributed by atoms with van der Waals surface area (Å²) in [5.74, 6) is 0. The van der Waals surface area contributed by atoms with Crippen molar-refractivity contribution in [3.63, 3.8) is 0 Å². The van der Waals surface area contributed by atoms with Crippen LogP contribution in [0.1, 0.15) is 18.4 Å². The summed E-state index contributed by atoms with van der Waals surface area (Å²) in [7, 11) is -4.13. The lowest BCUT2D eigenvalue weighted by Crippen LogP contribution is -2.05. The molecule has 1 fully saturated rings. The van der Waals surface area contributed by atoms with Crippen LogP contribution in [0, 0.1) is 0 Å². The Bertz CT molecular complexity index is 442. The van der Waals surface area contributed by atoms with E-state index in [9.17, 15) is 13.5 Å². The Hall–Kier alpha value is -0.910. The highest BCUT2D eigenvalue weighted by atomic mass is 32.2. The van der Waals surface area contributed by atoms with Gasteiger partial charge in [-0.15, -0.1) is 0 Å². The molecule has 1 aliphatic carbocycles. The highest BCUT2D eigenvalue weighted by molar-refractivity contribution is 7.85. The smallest absolute Gasteiger partial charge is 0.294 e. The van der Waals surface area contributed by atoms with Gasteiger partial charge in [0.15, 0.2) is 0 Å². The Morgan fingerprint density at radius 1 is 1.14 bits per heavy atom. The van der Waals surface area contributed by atoms with Crippen molar-refractivity contribution in [2.45, 2.75) is 23.3 Å². The van der Waals surface area contributed by atoms with Crippen LogP contribution in [0.15, 0.2) is 29.2 Å². The Balaban J connectivity index is 2.36. The largest absolute Gasteiger partial charge is 0.385 e. The van der Waals surface area contributed by atoms with Crippen molar-refractivity contribution in [1.29, 1.82) is 0 Å². The zero-order chi connectivity index (χ0) is 10.4. The molecule has 1 aromatic rings. The van der Waals surface area contributed by atoms with E-state index in [0.717, 1.165) is 0 Å². The second kappa shape index (κ2) is 2.79. The molecule has 1 saturated carbocycles. The third-order valence-corrected chi connectivity index (χ3v) is 3.28. The van der Waals surface area contributed by atoms with Crippen molar-refractivity contribution in [3.8, 4) is 0 Å². The molecule has 1 aromatic carbocycles. The zero-order valence-corrected chi connectivity index (χ0v) is 8.16. The van der Waals surface area contributed by atoms with Crippen LogP contribution in [0.5, 0.6) is 0 Å². The van der Waals surface area contributed by atoms with E-state index in [-0.39, 0.29) is 4.90 Å². The highest BCUT2D eigenvalue weighted by Crippen LogP contribution is 2.45. The predicted molar refractivity (Wildman–Crippen MR) is 49.4 cm³/mol. The van der Waals surface area contributed by atoms with Crippen molar-refractivity contribution in [3.05, 3.63) is 29.8 Å². The van der Waals surface area contributed by atoms with Crippen LogP contribution in [0.4, 0.5) is 0 Å². The van der Waals surface area contributed by atoms with E-state index in [4.69, 9.17) is 4.55 Å². The summed E-state index contributed by atoms with van der Waals surface area (Å²) >= 11 is 0. The molecule has 0 aliphatic heterocycles. The summed E-state index contributed by atoms with van der Waals surface area (Å²) in [5.41, 5.74) is -0.0671. The molecule has 1 aliphatic rings. The fourth-order valence-corrected chi connectivity index (χ4v) is 1.82. The standard InChI is InChI=1S/C9H10O4S/c10-9(5-6-9)7-1-3-8(4-2-7)14(11,12)13/h1-4,10H,5-6H2,(H,11,12,13). The lowest BCUT2D eigenvalue weighted by atomic mass is 10.1. The van der Waals surface area contributed by atoms with Gasteiger partial charge in [0.25, 0.3) is 10.1 Å². The molecule has 4 nitrogen and oxygen atoms in total. The van der Waals surface area contributed by atoms with E-state index in [1.165, 1.54) is 24.3 Å². The molecule has 0 aromatic heterocycles. The molecule has 2 rings (SSSR count). The zero-order valence-electron chi connectivity index (χ0n) is 7.34. The van der Waals surface area contributed by atoms with Gasteiger partial charge in [0.1, 0.15) is 0 Å². The maximum Gasteiger partial charge on any atom is 0.294 e. The Labute approximate surface area is 81.9 Å². The summed E-state index contributed by atoms with van der Waals surface area (Å²) in [6.45, 7) is 0. The van der Waals surface area contributed by atoms with Crippen LogP contribution in [-0.2, 0) is 15.7 Å². The van der Waals surface area contributed by atoms with Gasteiger partial charge < -0.3 is 5.11 Å². The van der Waals surface area contributed by atoms with Crippen molar-refractivity contribution < 1.29 is 18.1 Å². The monoisotopic (exact) mass is 214 g/mol. The first-order valence-corrected chi connectivity index (χ1v) is 5.66. The molecule has 76 valence electrons. The van der Waals surface area contributed by atoms with Crippen LogP contribution in [0.3, 0.4) is 0 Å². The van der Waals surface area contributed by atoms with Gasteiger partial charge in [-0.3, -0.25) is 4.55 Å². The summed E-state index contributed by atoms with van der Waals surface area (Å²) < 4.78 is 30.1. The lowest BCUT2D eigenvalue weighted by molar-refractivity contribution is 0.151. The Morgan fingerprint density at radius 3 is 2.00 bits per heavy atom. The fraction of sp³-hybridized carbons (Fsp3) is 0.333. The Morgan fingerprint density at radius 2 is 1.64 bits per heavy atom. The molecule has 0 bridgehead atoms. The van der Waals surface area contributed by atoms with Crippen molar-refractivity contribution in [2.24, 2.45) is 0 Å². The average molecular weight is 214 g/mol. The number of benzene rings is 1. The van der Waals surface area contributed by atoms with Crippen LogP contribution in [0.25, 0.3) is 0 Å². The van der Waals surface area contributed by atoms with Crippen LogP contribution >= 0.6 is 0 Å². The molecule has 0 unspecified atom stereocenters. The molecule has 5 heteroatoms. The van der Waals surface area contributed by atoms with Crippen molar-refractivity contribution >= 4 is 10.1 Å². The molecule has 0 amide bonds. The second-order valence-electron chi connectivity index (χ2n) is 3.53. The predicted octanol–water partition coefficient (Wildman–Crippen LogP) is 0.915. The average Bonchev–Trinajstić information content (AvgIpc) is 2.84. The molecule has 0 spiro atoms. The summed E-state index contributed by atoms with van der Waals surface area (Å²) in [6.07, 6.45) is 1.41. The number of rotatable bonds is 2. The second-order valence-corrected chi connectivity index (χ2v) is 4.95. The van der Waals surface area contributed by atoms with Gasteiger partial charge in [0, 0.05) is 0 Å². The van der Waals surface area contributed by atoms with Crippen molar-refractivity contribution in [1.82, 2.24) is 0 Å². The van der Waals surface area contributed by atoms with E-state index >= 15 is 0 Å². The number of hydrogen-bond acceptors (Lipinski definition) is 3. The summed E-state index contributed by atoms with van der Waals surface area (Å²) in [4.78, 5) is -0.148. The third kappa shape index (κ3) is 1.66. The van der Waals surface area contributed by atoms with Gasteiger partial charge in [0.2, 0.25) is 0 Å². The van der Waals surface area contributed by atoms with E-state index < -0.39 is 15.7 Å². The van der Waals surface area contributed by atoms with E-state index in [0.29, 0.717) is 18.4 Å². The molecule has 0 heterocycles. The Kier molecular flexibility index (Phi) is 1.92. The van der Waals surface area contributed by atoms with Crippen molar-refractivity contribution in [2.75, 3.05) is 0 Å². The van der Waals surface area contributed by atoms with Gasteiger partial charge >= 0.3 is 0 Å². The minimum atomic E-state index is -4.13. The van der Waals surface area contributed by atoms with E-state index in [2.05, 4.69) is 0 Å². The number of hydrogen-bond donors (Lipinski definition) is 2. The number of aliphatic hydroxyl groups is 1. The molecular formula is C9H10O4S. The van der Waals surface area contributed by atoms with Crippen LogP contribution in [0.2, 0.25) is 0 Å². The normalized spacial score (nSPS) is 19.3. The fourth-order valence-electron chi connectivity index (χ4n) is 1.34. The van der Waals surface area contributed by atoms with E-state index in [1.807, 2.05) is 0 Å². The summed E-state index contributed by atoms with van der Waals surface area (Å²) in [5, 5.41) is 9.68. The summed E-state index contributed by atoms with van der Waals surface area (Å²) in [6, 6.07) is 5.63. The molecule has 2 N–H and O–H groups in total. The van der Waals surface area contributed by atoms with Crippen LogP contribution in [-0.4, -0.2) is 18.1 Å². The van der Waals surface area contributed by atoms with Gasteiger partial charge in [0.05, 0.1) is 10.5 Å². The molecule has 14 heavy (non-hydrogen) atoms. The van der Waals surface area contributed by atoms with Crippen LogP contribution < -0.4 is 0 Å². The quantitative estimate of drug-likeness (QED) is 0.718. The lowest BCUT2D eigenvalue weighted by Gasteiger charge is -2.07. The first-order chi connectivity index (χ1) is 6.42. The van der Waals surface area contributed by atoms with Gasteiger partial charge in [-0.25, -0.2) is 0 Å². The molecule has 0 atom stereocenters. The third-order valence-electron chi connectivity index (χ3n) is 2.41. The van der Waals surface area contributed by atoms with Gasteiger partial charge in [-0.05, 0) is 30.5 Å². The first kappa shape index (κ1) is 9.64. The van der Waals surface area contributed by atoms with E-state index in [1.54, 1.807) is 0 Å². The SMILES string of the molecule is O=S(=O)(O)c1ccc(C2(O)CC2)cc1. The minimum absolute atomic E-state index is 0.148. The molecule has 0 radical (unpaired) electrons. The topological polar surface area (TPSA) is 74.6 Å². The maximum absolute atomic E-state index is 10.7. The maximum atomic E-state index is 10.7. The molecular weight excluding hydrogens is 204 g/mol. The molecule has 0 saturated heterocycles.